The van der Waals surface area contributed by atoms with E-state index in [4.69, 9.17) is 23.0 Å². The summed E-state index contributed by atoms with van der Waals surface area (Å²) in [5, 5.41) is 21.3. The van der Waals surface area contributed by atoms with Crippen LogP contribution in [0.25, 0.3) is 0 Å². The molecular weight excluding hydrogens is 439 g/mol. The van der Waals surface area contributed by atoms with Gasteiger partial charge in [-0.3, -0.25) is 0 Å². The number of esters is 1. The van der Waals surface area contributed by atoms with Gasteiger partial charge in [0, 0.05) is 11.1 Å². The quantitative estimate of drug-likeness (QED) is 0.406. The van der Waals surface area contributed by atoms with Crippen molar-refractivity contribution in [3.05, 3.63) is 64.2 Å². The number of carbonyl (C=O) groups is 1. The Kier molecular flexibility index (Phi) is 2.95. The van der Waals surface area contributed by atoms with Crippen molar-refractivity contribution < 1.29 is 42.6 Å². The molecule has 10 heteroatoms. The summed E-state index contributed by atoms with van der Waals surface area (Å²) >= 11 is 0. The van der Waals surface area contributed by atoms with Crippen LogP contribution in [0.5, 0.6) is 40.2 Å². The van der Waals surface area contributed by atoms with Gasteiger partial charge in [-0.15, -0.1) is 0 Å². The summed E-state index contributed by atoms with van der Waals surface area (Å²) in [6.07, 6.45) is 0.316. The first-order valence-electron chi connectivity index (χ1n) is 9.86. The molecule has 2 unspecified atom stereocenters. The lowest BCUT2D eigenvalue weighted by Gasteiger charge is -2.42. The third kappa shape index (κ3) is 1.79. The van der Waals surface area contributed by atoms with Crippen LogP contribution in [-0.2, 0) is 21.3 Å². The van der Waals surface area contributed by atoms with Gasteiger partial charge in [-0.1, -0.05) is 25.1 Å². The number of fused-ring (bicyclic) bond motifs is 6. The zero-order valence-electron chi connectivity index (χ0n) is 16.4. The van der Waals surface area contributed by atoms with Crippen LogP contribution in [0, 0.1) is 0 Å². The number of carbonyl (C=O) groups excluding carboxylic acids is 1. The van der Waals surface area contributed by atoms with Crippen molar-refractivity contribution in [1.82, 2.24) is 0 Å². The second-order valence-electron chi connectivity index (χ2n) is 7.77. The number of rotatable bonds is 1. The molecule has 4 aliphatic heterocycles. The summed E-state index contributed by atoms with van der Waals surface area (Å²) in [6, 6.07) is 9.84. The van der Waals surface area contributed by atoms with Gasteiger partial charge in [0.05, 0.1) is 16.7 Å². The maximum Gasteiger partial charge on any atom is 0.647 e. The van der Waals surface area contributed by atoms with E-state index < -0.39 is 25.1 Å². The lowest BCUT2D eigenvalue weighted by Crippen LogP contribution is -2.36. The summed E-state index contributed by atoms with van der Waals surface area (Å²) in [7, 11) is -4.30. The highest BCUT2D eigenvalue weighted by Gasteiger charge is 2.60. The van der Waals surface area contributed by atoms with Crippen molar-refractivity contribution in [2.24, 2.45) is 0 Å². The predicted molar refractivity (Wildman–Crippen MR) is 107 cm³/mol. The van der Waals surface area contributed by atoms with Gasteiger partial charge < -0.3 is 33.3 Å². The Labute approximate surface area is 180 Å². The van der Waals surface area contributed by atoms with E-state index in [1.807, 2.05) is 6.92 Å². The fourth-order valence-corrected chi connectivity index (χ4v) is 6.28. The molecule has 0 aromatic heterocycles. The lowest BCUT2D eigenvalue weighted by molar-refractivity contribution is 0.0213. The largest absolute Gasteiger partial charge is 0.647 e. The molecule has 4 aliphatic rings. The highest BCUT2D eigenvalue weighted by molar-refractivity contribution is 7.50. The molecule has 5 bridgehead atoms. The van der Waals surface area contributed by atoms with E-state index in [9.17, 15) is 19.6 Å². The van der Waals surface area contributed by atoms with Crippen molar-refractivity contribution in [2.75, 3.05) is 0 Å². The van der Waals surface area contributed by atoms with Gasteiger partial charge in [-0.25, -0.2) is 4.79 Å². The number of aromatic hydroxyl groups is 2. The SMILES string of the molecule is CCc1c2c(O)c3c4c1C1(OC(=O)c5ccccc51)c1ccc(O)c(c1O4)OP(=O)(O2)O3. The fourth-order valence-electron chi connectivity index (χ4n) is 4.96. The van der Waals surface area contributed by atoms with E-state index in [0.717, 1.165) is 0 Å². The molecule has 0 saturated heterocycles. The monoisotopic (exact) mass is 452 g/mol. The topological polar surface area (TPSA) is 121 Å². The van der Waals surface area contributed by atoms with E-state index in [0.29, 0.717) is 34.2 Å². The Morgan fingerprint density at radius 1 is 0.906 bits per heavy atom. The first kappa shape index (κ1) is 17.8. The minimum Gasteiger partial charge on any atom is -0.504 e. The minimum atomic E-state index is -4.30. The fraction of sp³-hybridized carbons (Fsp3) is 0.136. The summed E-state index contributed by atoms with van der Waals surface area (Å²) in [5.41, 5.74) is 0.633. The van der Waals surface area contributed by atoms with Crippen LogP contribution < -0.4 is 18.3 Å². The molecule has 32 heavy (non-hydrogen) atoms. The van der Waals surface area contributed by atoms with Crippen LogP contribution in [0.1, 0.15) is 39.5 Å². The molecule has 3 aromatic rings. The van der Waals surface area contributed by atoms with Crippen LogP contribution in [-0.4, -0.2) is 16.2 Å². The number of phosphoric acid groups is 1. The average molecular weight is 452 g/mol. The second kappa shape index (κ2) is 5.31. The highest BCUT2D eigenvalue weighted by Crippen LogP contribution is 2.73. The minimum absolute atomic E-state index is 0.00789. The van der Waals surface area contributed by atoms with Crippen molar-refractivity contribution in [2.45, 2.75) is 18.9 Å². The van der Waals surface area contributed by atoms with E-state index in [1.54, 1.807) is 30.3 Å². The normalized spacial score (nSPS) is 24.6. The standard InChI is InChI=1S/C22H13O9P/c1-2-9-14-19-20-15(24)16(9)29-32(26,31-20)30-18-13(23)8-7-12(17(18)27-19)22(14)11-6-4-3-5-10(11)21(25)28-22/h3-8,23-24H,2H2,1H3. The van der Waals surface area contributed by atoms with Crippen LogP contribution >= 0.6 is 7.82 Å². The summed E-state index contributed by atoms with van der Waals surface area (Å²) < 4.78 is 42.1. The third-order valence-electron chi connectivity index (χ3n) is 6.20. The number of benzene rings is 3. The summed E-state index contributed by atoms with van der Waals surface area (Å²) in [4.78, 5) is 13.0. The Hall–Kier alpha value is -3.84. The highest BCUT2D eigenvalue weighted by atomic mass is 31.2. The van der Waals surface area contributed by atoms with Gasteiger partial charge in [0.25, 0.3) is 0 Å². The number of hydrogen-bond donors (Lipinski definition) is 2. The maximum absolute atomic E-state index is 13.3. The molecular formula is C22H13O9P. The van der Waals surface area contributed by atoms with Crippen molar-refractivity contribution >= 4 is 13.8 Å². The molecule has 160 valence electrons. The molecule has 0 saturated carbocycles. The molecule has 9 nitrogen and oxygen atoms in total. The molecule has 0 aliphatic carbocycles. The van der Waals surface area contributed by atoms with Crippen molar-refractivity contribution in [3.63, 3.8) is 0 Å². The summed E-state index contributed by atoms with van der Waals surface area (Å²) in [5.74, 6) is -1.91. The van der Waals surface area contributed by atoms with Gasteiger partial charge in [0.15, 0.2) is 28.6 Å². The molecule has 0 amide bonds. The lowest BCUT2D eigenvalue weighted by atomic mass is 9.74. The third-order valence-corrected chi connectivity index (χ3v) is 7.42. The van der Waals surface area contributed by atoms with E-state index in [1.165, 1.54) is 6.07 Å². The van der Waals surface area contributed by atoms with Gasteiger partial charge in [-0.2, -0.15) is 4.57 Å². The number of phosphoric ester groups is 1. The molecule has 7 rings (SSSR count). The maximum atomic E-state index is 13.3. The molecule has 0 radical (unpaired) electrons. The number of ether oxygens (including phenoxy) is 2. The number of hydrogen-bond acceptors (Lipinski definition) is 9. The summed E-state index contributed by atoms with van der Waals surface area (Å²) in [6.45, 7) is 1.82. The smallest absolute Gasteiger partial charge is 0.504 e. The zero-order chi connectivity index (χ0) is 22.0. The molecule has 3 aromatic carbocycles. The van der Waals surface area contributed by atoms with Gasteiger partial charge in [-0.05, 0) is 24.6 Å². The second-order valence-corrected chi connectivity index (χ2v) is 9.22. The Bertz CT molecular complexity index is 1480. The number of phenolic OH excluding ortho intramolecular Hbond substituents is 2. The molecule has 0 fully saturated rings. The van der Waals surface area contributed by atoms with Crippen molar-refractivity contribution in [3.8, 4) is 40.2 Å². The van der Waals surface area contributed by atoms with Crippen LogP contribution in [0.3, 0.4) is 0 Å². The zero-order valence-corrected chi connectivity index (χ0v) is 17.3. The van der Waals surface area contributed by atoms with Gasteiger partial charge >= 0.3 is 13.8 Å². The first-order valence-corrected chi connectivity index (χ1v) is 11.3. The van der Waals surface area contributed by atoms with Crippen molar-refractivity contribution in [1.29, 1.82) is 0 Å². The molecule has 2 atom stereocenters. The van der Waals surface area contributed by atoms with E-state index in [-0.39, 0.29) is 34.5 Å². The predicted octanol–water partition coefficient (Wildman–Crippen LogP) is 4.50. The van der Waals surface area contributed by atoms with Gasteiger partial charge in [0.1, 0.15) is 0 Å². The van der Waals surface area contributed by atoms with E-state index in [2.05, 4.69) is 0 Å². The molecule has 4 heterocycles. The van der Waals surface area contributed by atoms with E-state index >= 15 is 0 Å². The molecule has 2 N–H and O–H groups in total. The number of phenols is 2. The molecule has 1 spiro atoms. The van der Waals surface area contributed by atoms with Crippen LogP contribution in [0.2, 0.25) is 0 Å². The Balaban J connectivity index is 1.74. The Morgan fingerprint density at radius 2 is 1.66 bits per heavy atom. The van der Waals surface area contributed by atoms with Crippen LogP contribution in [0.15, 0.2) is 36.4 Å². The average Bonchev–Trinajstić information content (AvgIpc) is 3.05. The first-order chi connectivity index (χ1) is 15.4. The van der Waals surface area contributed by atoms with Gasteiger partial charge in [0.2, 0.25) is 17.2 Å². The Morgan fingerprint density at radius 3 is 2.47 bits per heavy atom. The van der Waals surface area contributed by atoms with Crippen LogP contribution in [0.4, 0.5) is 0 Å².